The fourth-order valence-electron chi connectivity index (χ4n) is 2.55. The standard InChI is InChI=1S/C18H12F6N6O/c1-9-4-10(2-3-26-9)12(15(25)31)7-30-8-27-16(29-30)11-5-13(17(19,20)21)28-14(6-11)18(22,23)24/h2-8H,1H3,(H2,25,31)/b12-7+. The van der Waals surface area contributed by atoms with E-state index in [0.29, 0.717) is 23.4 Å². The molecule has 3 rings (SSSR count). The van der Waals surface area contributed by atoms with Crippen LogP contribution in [-0.4, -0.2) is 30.6 Å². The Morgan fingerprint density at radius 3 is 2.16 bits per heavy atom. The Kier molecular flexibility index (Phi) is 5.53. The molecule has 0 saturated heterocycles. The number of aryl methyl sites for hydroxylation is 1. The van der Waals surface area contributed by atoms with E-state index in [1.54, 1.807) is 13.0 Å². The third kappa shape index (κ3) is 5.05. The van der Waals surface area contributed by atoms with Gasteiger partial charge in [-0.05, 0) is 36.8 Å². The molecule has 0 aliphatic carbocycles. The van der Waals surface area contributed by atoms with E-state index in [1.807, 2.05) is 0 Å². The molecule has 0 radical (unpaired) electrons. The second kappa shape index (κ2) is 7.81. The van der Waals surface area contributed by atoms with Gasteiger partial charge in [0, 0.05) is 23.7 Å². The average Bonchev–Trinajstić information content (AvgIpc) is 3.13. The molecule has 0 saturated carbocycles. The highest BCUT2D eigenvalue weighted by Crippen LogP contribution is 2.35. The summed E-state index contributed by atoms with van der Waals surface area (Å²) in [5, 5.41) is 3.84. The minimum absolute atomic E-state index is 0.0244. The number of pyridine rings is 2. The molecule has 0 aliphatic heterocycles. The molecule has 0 bridgehead atoms. The molecule has 0 unspecified atom stereocenters. The van der Waals surface area contributed by atoms with E-state index < -0.39 is 41.0 Å². The number of primary amides is 1. The highest BCUT2D eigenvalue weighted by molar-refractivity contribution is 6.22. The lowest BCUT2D eigenvalue weighted by Crippen LogP contribution is -2.15. The maximum Gasteiger partial charge on any atom is 0.433 e. The van der Waals surface area contributed by atoms with Gasteiger partial charge in [0.2, 0.25) is 0 Å². The van der Waals surface area contributed by atoms with Gasteiger partial charge in [-0.2, -0.15) is 26.3 Å². The topological polar surface area (TPSA) is 99.6 Å². The molecule has 0 aliphatic rings. The second-order valence-electron chi connectivity index (χ2n) is 6.26. The summed E-state index contributed by atoms with van der Waals surface area (Å²) in [4.78, 5) is 22.2. The monoisotopic (exact) mass is 442 g/mol. The maximum absolute atomic E-state index is 13.0. The van der Waals surface area contributed by atoms with Crippen molar-refractivity contribution in [3.8, 4) is 11.4 Å². The number of amides is 1. The van der Waals surface area contributed by atoms with E-state index in [-0.39, 0.29) is 5.57 Å². The lowest BCUT2D eigenvalue weighted by Gasteiger charge is -2.11. The Hall–Kier alpha value is -3.77. The van der Waals surface area contributed by atoms with Crippen LogP contribution in [0.4, 0.5) is 26.3 Å². The van der Waals surface area contributed by atoms with Crippen LogP contribution in [0.5, 0.6) is 0 Å². The summed E-state index contributed by atoms with van der Waals surface area (Å²) >= 11 is 0. The number of carbonyl (C=O) groups is 1. The van der Waals surface area contributed by atoms with Crippen molar-refractivity contribution < 1.29 is 31.1 Å². The molecular weight excluding hydrogens is 430 g/mol. The van der Waals surface area contributed by atoms with Gasteiger partial charge in [-0.15, -0.1) is 5.10 Å². The third-order valence-corrected chi connectivity index (χ3v) is 3.91. The highest BCUT2D eigenvalue weighted by Gasteiger charge is 2.39. The Morgan fingerprint density at radius 1 is 1.03 bits per heavy atom. The Labute approximate surface area is 170 Å². The lowest BCUT2D eigenvalue weighted by atomic mass is 10.1. The molecule has 0 atom stereocenters. The molecule has 31 heavy (non-hydrogen) atoms. The molecule has 162 valence electrons. The predicted octanol–water partition coefficient (Wildman–Crippen LogP) is 3.56. The smallest absolute Gasteiger partial charge is 0.366 e. The molecule has 7 nitrogen and oxygen atoms in total. The number of hydrogen-bond donors (Lipinski definition) is 1. The van der Waals surface area contributed by atoms with Crippen molar-refractivity contribution >= 4 is 17.7 Å². The zero-order valence-electron chi connectivity index (χ0n) is 15.5. The van der Waals surface area contributed by atoms with Crippen molar-refractivity contribution in [2.75, 3.05) is 0 Å². The second-order valence-corrected chi connectivity index (χ2v) is 6.26. The number of rotatable bonds is 4. The first kappa shape index (κ1) is 21.9. The molecule has 3 heterocycles. The number of aromatic nitrogens is 5. The van der Waals surface area contributed by atoms with Gasteiger partial charge in [0.05, 0.1) is 5.57 Å². The molecule has 2 N–H and O–H groups in total. The van der Waals surface area contributed by atoms with Crippen molar-refractivity contribution in [3.63, 3.8) is 0 Å². The summed E-state index contributed by atoms with van der Waals surface area (Å²) in [6.07, 6.45) is -6.65. The van der Waals surface area contributed by atoms with Crippen LogP contribution >= 0.6 is 0 Å². The number of nitrogens with zero attached hydrogens (tertiary/aromatic N) is 5. The largest absolute Gasteiger partial charge is 0.433 e. The molecule has 0 aromatic carbocycles. The van der Waals surface area contributed by atoms with E-state index in [2.05, 4.69) is 20.1 Å². The van der Waals surface area contributed by atoms with Crippen LogP contribution < -0.4 is 5.73 Å². The number of alkyl halides is 6. The summed E-state index contributed by atoms with van der Waals surface area (Å²) in [5.74, 6) is -1.28. The summed E-state index contributed by atoms with van der Waals surface area (Å²) in [6, 6.07) is 3.86. The van der Waals surface area contributed by atoms with Gasteiger partial charge in [-0.25, -0.2) is 14.6 Å². The number of nitrogens with two attached hydrogens (primary N) is 1. The number of carbonyl (C=O) groups excluding carboxylic acids is 1. The van der Waals surface area contributed by atoms with Gasteiger partial charge in [0.1, 0.15) is 17.7 Å². The van der Waals surface area contributed by atoms with Crippen LogP contribution in [0.1, 0.15) is 22.6 Å². The normalized spacial score (nSPS) is 12.8. The van der Waals surface area contributed by atoms with Gasteiger partial charge in [0.25, 0.3) is 5.91 Å². The molecule has 1 amide bonds. The van der Waals surface area contributed by atoms with Crippen LogP contribution in [-0.2, 0) is 17.1 Å². The van der Waals surface area contributed by atoms with Gasteiger partial charge in [-0.3, -0.25) is 9.78 Å². The Balaban J connectivity index is 2.07. The molecule has 0 spiro atoms. The summed E-state index contributed by atoms with van der Waals surface area (Å²) in [7, 11) is 0. The minimum atomic E-state index is -5.11. The Morgan fingerprint density at radius 2 is 1.65 bits per heavy atom. The van der Waals surface area contributed by atoms with Crippen molar-refractivity contribution in [1.29, 1.82) is 0 Å². The lowest BCUT2D eigenvalue weighted by molar-refractivity contribution is -0.150. The Bertz CT molecular complexity index is 1130. The predicted molar refractivity (Wildman–Crippen MR) is 95.6 cm³/mol. The zero-order valence-corrected chi connectivity index (χ0v) is 15.5. The van der Waals surface area contributed by atoms with Gasteiger partial charge < -0.3 is 5.73 Å². The van der Waals surface area contributed by atoms with Crippen LogP contribution in [0.3, 0.4) is 0 Å². The summed E-state index contributed by atoms with van der Waals surface area (Å²) < 4.78 is 78.9. The van der Waals surface area contributed by atoms with Crippen LogP contribution in [0.2, 0.25) is 0 Å². The number of halogens is 6. The van der Waals surface area contributed by atoms with Crippen LogP contribution in [0, 0.1) is 6.92 Å². The molecule has 0 fully saturated rings. The number of hydrogen-bond acceptors (Lipinski definition) is 5. The maximum atomic E-state index is 13.0. The average molecular weight is 442 g/mol. The molecule has 13 heteroatoms. The SMILES string of the molecule is Cc1cc(/C(=C\n2cnc(-c3cc(C(F)(F)F)nc(C(F)(F)F)c3)n2)C(N)=O)ccn1. The quantitative estimate of drug-likeness (QED) is 0.492. The van der Waals surface area contributed by atoms with Crippen molar-refractivity contribution in [3.05, 3.63) is 59.4 Å². The third-order valence-electron chi connectivity index (χ3n) is 3.91. The van der Waals surface area contributed by atoms with Gasteiger partial charge in [0.15, 0.2) is 5.82 Å². The van der Waals surface area contributed by atoms with E-state index in [9.17, 15) is 31.1 Å². The first-order valence-electron chi connectivity index (χ1n) is 8.37. The zero-order chi connectivity index (χ0) is 23.0. The summed E-state index contributed by atoms with van der Waals surface area (Å²) in [6.45, 7) is 1.68. The highest BCUT2D eigenvalue weighted by atomic mass is 19.4. The van der Waals surface area contributed by atoms with Gasteiger partial charge in [-0.1, -0.05) is 0 Å². The fraction of sp³-hybridized carbons (Fsp3) is 0.167. The molecule has 3 aromatic rings. The van der Waals surface area contributed by atoms with E-state index in [1.165, 1.54) is 12.3 Å². The van der Waals surface area contributed by atoms with Crippen LogP contribution in [0.15, 0.2) is 36.8 Å². The van der Waals surface area contributed by atoms with Crippen molar-refractivity contribution in [1.82, 2.24) is 24.7 Å². The van der Waals surface area contributed by atoms with E-state index in [0.717, 1.165) is 17.2 Å². The molecular formula is C18H12F6N6O. The van der Waals surface area contributed by atoms with Crippen LogP contribution in [0.25, 0.3) is 23.2 Å². The van der Waals surface area contributed by atoms with Gasteiger partial charge >= 0.3 is 12.4 Å². The van der Waals surface area contributed by atoms with Crippen molar-refractivity contribution in [2.24, 2.45) is 5.73 Å². The minimum Gasteiger partial charge on any atom is -0.366 e. The first-order chi connectivity index (χ1) is 14.3. The van der Waals surface area contributed by atoms with E-state index >= 15 is 0 Å². The van der Waals surface area contributed by atoms with Crippen molar-refractivity contribution in [2.45, 2.75) is 19.3 Å². The summed E-state index contributed by atoms with van der Waals surface area (Å²) in [5.41, 5.74) is 2.28. The van der Waals surface area contributed by atoms with E-state index in [4.69, 9.17) is 5.73 Å². The first-order valence-corrected chi connectivity index (χ1v) is 8.37. The molecule has 3 aromatic heterocycles. The fourth-order valence-corrected chi connectivity index (χ4v) is 2.55.